The van der Waals surface area contributed by atoms with Gasteiger partial charge in [-0.15, -0.1) is 0 Å². The number of ether oxygens (including phenoxy) is 2. The molecule has 9 heteroatoms. The van der Waals surface area contributed by atoms with Gasteiger partial charge < -0.3 is 25.4 Å². The van der Waals surface area contributed by atoms with Crippen LogP contribution in [-0.2, 0) is 36.7 Å². The summed E-state index contributed by atoms with van der Waals surface area (Å²) in [7, 11) is 1.22. The van der Waals surface area contributed by atoms with Gasteiger partial charge in [0.1, 0.15) is 24.2 Å². The molecule has 0 fully saturated rings. The highest BCUT2D eigenvalue weighted by atomic mass is 16.6. The van der Waals surface area contributed by atoms with Crippen molar-refractivity contribution in [2.24, 2.45) is 0 Å². The minimum atomic E-state index is -1.00. The van der Waals surface area contributed by atoms with Crippen LogP contribution in [0.5, 0.6) is 0 Å². The molecule has 0 aliphatic heterocycles. The van der Waals surface area contributed by atoms with Crippen LogP contribution >= 0.6 is 0 Å². The fraction of sp³-hybridized carbons (Fsp3) is 0.385. The first kappa shape index (κ1) is 27.4. The Morgan fingerprint density at radius 3 is 1.71 bits per heavy atom. The molecule has 3 amide bonds. The Morgan fingerprint density at radius 1 is 0.771 bits per heavy atom. The maximum absolute atomic E-state index is 13.3. The van der Waals surface area contributed by atoms with Gasteiger partial charge in [0.25, 0.3) is 0 Å². The molecule has 2 atom stereocenters. The molecule has 3 N–H and O–H groups in total. The number of carbonyl (C=O) groups excluding carboxylic acids is 4. The van der Waals surface area contributed by atoms with Gasteiger partial charge >= 0.3 is 12.1 Å². The quantitative estimate of drug-likeness (QED) is 0.445. The van der Waals surface area contributed by atoms with Crippen LogP contribution in [0, 0.1) is 0 Å². The number of esters is 1. The summed E-state index contributed by atoms with van der Waals surface area (Å²) in [5.41, 5.74) is 0.880. The number of hydrogen-bond acceptors (Lipinski definition) is 6. The van der Waals surface area contributed by atoms with Crippen LogP contribution in [0.15, 0.2) is 60.7 Å². The van der Waals surface area contributed by atoms with E-state index in [-0.39, 0.29) is 19.4 Å². The Morgan fingerprint density at radius 2 is 1.26 bits per heavy atom. The second kappa shape index (κ2) is 13.1. The van der Waals surface area contributed by atoms with Crippen LogP contribution in [0.4, 0.5) is 4.79 Å². The Labute approximate surface area is 205 Å². The third-order valence-corrected chi connectivity index (χ3v) is 4.84. The van der Waals surface area contributed by atoms with Gasteiger partial charge in [0, 0.05) is 12.8 Å². The molecule has 9 nitrogen and oxygen atoms in total. The first-order chi connectivity index (χ1) is 16.6. The molecule has 0 heterocycles. The minimum absolute atomic E-state index is 0.185. The third kappa shape index (κ3) is 10.3. The molecule has 0 aliphatic carbocycles. The lowest BCUT2D eigenvalue weighted by molar-refractivity contribution is -0.141. The van der Waals surface area contributed by atoms with Crippen molar-refractivity contribution < 1.29 is 28.7 Å². The van der Waals surface area contributed by atoms with Crippen molar-refractivity contribution in [2.45, 2.75) is 51.3 Å². The molecule has 0 spiro atoms. The lowest BCUT2D eigenvalue weighted by Gasteiger charge is -2.25. The number of hydrogen-bond donors (Lipinski definition) is 3. The molecule has 0 saturated carbocycles. The highest BCUT2D eigenvalue weighted by molar-refractivity contribution is 5.92. The lowest BCUT2D eigenvalue weighted by Crippen LogP contribution is -2.55. The van der Waals surface area contributed by atoms with Gasteiger partial charge in [-0.1, -0.05) is 60.7 Å². The summed E-state index contributed by atoms with van der Waals surface area (Å²) >= 11 is 0. The summed E-state index contributed by atoms with van der Waals surface area (Å²) in [4.78, 5) is 50.1. The molecule has 0 aliphatic rings. The van der Waals surface area contributed by atoms with Crippen LogP contribution in [-0.4, -0.2) is 55.2 Å². The van der Waals surface area contributed by atoms with Crippen molar-refractivity contribution in [3.05, 3.63) is 71.8 Å². The Bertz CT molecular complexity index is 989. The Balaban J connectivity index is 2.21. The number of amides is 3. The minimum Gasteiger partial charge on any atom is -0.468 e. The van der Waals surface area contributed by atoms with Crippen molar-refractivity contribution in [1.29, 1.82) is 0 Å². The molecule has 0 saturated heterocycles. The summed E-state index contributed by atoms with van der Waals surface area (Å²) in [6.45, 7) is 4.83. The second-order valence-electron chi connectivity index (χ2n) is 8.93. The Kier molecular flexibility index (Phi) is 10.3. The van der Waals surface area contributed by atoms with Gasteiger partial charge in [0.05, 0.1) is 7.11 Å². The molecule has 0 radical (unpaired) electrons. The van der Waals surface area contributed by atoms with E-state index in [0.29, 0.717) is 0 Å². The number of methoxy groups -OCH3 is 1. The second-order valence-corrected chi connectivity index (χ2v) is 8.93. The summed E-state index contributed by atoms with van der Waals surface area (Å²) in [5, 5.41) is 7.81. The van der Waals surface area contributed by atoms with E-state index in [9.17, 15) is 19.2 Å². The van der Waals surface area contributed by atoms with E-state index in [4.69, 9.17) is 4.74 Å². The normalized spacial score (nSPS) is 12.6. The van der Waals surface area contributed by atoms with E-state index >= 15 is 0 Å². The first-order valence-electron chi connectivity index (χ1n) is 11.3. The molecule has 2 unspecified atom stereocenters. The average Bonchev–Trinajstić information content (AvgIpc) is 2.81. The van der Waals surface area contributed by atoms with Crippen LogP contribution in [0.2, 0.25) is 0 Å². The van der Waals surface area contributed by atoms with Gasteiger partial charge in [-0.05, 0) is 31.9 Å². The molecule has 0 bridgehead atoms. The van der Waals surface area contributed by atoms with E-state index in [1.165, 1.54) is 7.11 Å². The standard InChI is InChI=1S/C26H33N3O6/c1-26(2,3)35-25(33)29-21(16-19-13-9-6-10-14-19)24(32)28-20(15-18-11-7-5-8-12-18)23(31)27-17-22(30)34-4/h5-14,20-21H,15-17H2,1-4H3,(H,27,31)(H,28,32)(H,29,33). The maximum atomic E-state index is 13.3. The molecule has 188 valence electrons. The SMILES string of the molecule is COC(=O)CNC(=O)C(Cc1ccccc1)NC(=O)C(Cc1ccccc1)NC(=O)OC(C)(C)C. The zero-order chi connectivity index (χ0) is 25.8. The number of rotatable bonds is 10. The molecular formula is C26H33N3O6. The summed E-state index contributed by atoms with van der Waals surface area (Å²) in [5.74, 6) is -1.73. The third-order valence-electron chi connectivity index (χ3n) is 4.84. The highest BCUT2D eigenvalue weighted by Gasteiger charge is 2.29. The van der Waals surface area contributed by atoms with E-state index in [1.807, 2.05) is 60.7 Å². The molecule has 2 aromatic rings. The topological polar surface area (TPSA) is 123 Å². The maximum Gasteiger partial charge on any atom is 0.408 e. The van der Waals surface area contributed by atoms with Gasteiger partial charge in [0.15, 0.2) is 0 Å². The predicted octanol–water partition coefficient (Wildman–Crippen LogP) is 2.14. The number of benzene rings is 2. The van der Waals surface area contributed by atoms with E-state index in [2.05, 4.69) is 20.7 Å². The lowest BCUT2D eigenvalue weighted by atomic mass is 10.0. The van der Waals surface area contributed by atoms with Gasteiger partial charge in [-0.2, -0.15) is 0 Å². The van der Waals surface area contributed by atoms with Crippen LogP contribution in [0.25, 0.3) is 0 Å². The first-order valence-corrected chi connectivity index (χ1v) is 11.3. The summed E-state index contributed by atoms with van der Waals surface area (Å²) < 4.78 is 9.89. The number of carbonyl (C=O) groups is 4. The summed E-state index contributed by atoms with van der Waals surface area (Å²) in [6, 6.07) is 16.3. The van der Waals surface area contributed by atoms with Crippen molar-refractivity contribution in [3.63, 3.8) is 0 Å². The van der Waals surface area contributed by atoms with Crippen molar-refractivity contribution in [3.8, 4) is 0 Å². The number of alkyl carbamates (subject to hydrolysis) is 1. The molecule has 35 heavy (non-hydrogen) atoms. The average molecular weight is 484 g/mol. The Hall–Kier alpha value is -3.88. The fourth-order valence-electron chi connectivity index (χ4n) is 3.19. The van der Waals surface area contributed by atoms with E-state index in [0.717, 1.165) is 11.1 Å². The van der Waals surface area contributed by atoms with Crippen molar-refractivity contribution in [2.75, 3.05) is 13.7 Å². The van der Waals surface area contributed by atoms with Crippen LogP contribution in [0.3, 0.4) is 0 Å². The monoisotopic (exact) mass is 483 g/mol. The van der Waals surface area contributed by atoms with Gasteiger partial charge in [-0.25, -0.2) is 4.79 Å². The molecule has 2 aromatic carbocycles. The van der Waals surface area contributed by atoms with Crippen molar-refractivity contribution >= 4 is 23.9 Å². The molecular weight excluding hydrogens is 450 g/mol. The van der Waals surface area contributed by atoms with E-state index in [1.54, 1.807) is 20.8 Å². The van der Waals surface area contributed by atoms with Crippen LogP contribution < -0.4 is 16.0 Å². The number of nitrogens with one attached hydrogen (secondary N) is 3. The summed E-state index contributed by atoms with van der Waals surface area (Å²) in [6.07, 6.45) is -0.374. The highest BCUT2D eigenvalue weighted by Crippen LogP contribution is 2.10. The van der Waals surface area contributed by atoms with Gasteiger partial charge in [0.2, 0.25) is 11.8 Å². The molecule has 0 aromatic heterocycles. The molecule has 2 rings (SSSR count). The zero-order valence-electron chi connectivity index (χ0n) is 20.5. The van der Waals surface area contributed by atoms with Crippen LogP contribution in [0.1, 0.15) is 31.9 Å². The van der Waals surface area contributed by atoms with Crippen molar-refractivity contribution in [1.82, 2.24) is 16.0 Å². The predicted molar refractivity (Wildman–Crippen MR) is 130 cm³/mol. The van der Waals surface area contributed by atoms with E-state index < -0.39 is 41.6 Å². The van der Waals surface area contributed by atoms with Gasteiger partial charge in [-0.3, -0.25) is 14.4 Å². The fourth-order valence-corrected chi connectivity index (χ4v) is 3.19. The smallest absolute Gasteiger partial charge is 0.408 e. The largest absolute Gasteiger partial charge is 0.468 e. The zero-order valence-corrected chi connectivity index (χ0v) is 20.5.